The average Bonchev–Trinajstić information content (AvgIpc) is 1.82. The second-order valence-electron chi connectivity index (χ2n) is 2.55. The van der Waals surface area contributed by atoms with E-state index >= 15 is 0 Å². The summed E-state index contributed by atoms with van der Waals surface area (Å²) in [7, 11) is -3.03. The molecule has 12 heavy (non-hydrogen) atoms. The van der Waals surface area contributed by atoms with Crippen molar-refractivity contribution in [2.45, 2.75) is 19.5 Å². The summed E-state index contributed by atoms with van der Waals surface area (Å²) >= 11 is 0. The minimum absolute atomic E-state index is 0.225. The lowest BCUT2D eigenvalue weighted by molar-refractivity contribution is -0.140. The molecule has 0 bridgehead atoms. The molecular weight excluding hydrogens is 192 g/mol. The highest BCUT2D eigenvalue weighted by atomic mass is 31.1. The number of hydrogen-bond acceptors (Lipinski definition) is 1. The van der Waals surface area contributed by atoms with Crippen molar-refractivity contribution >= 4 is 8.03 Å². The highest BCUT2D eigenvalue weighted by Crippen LogP contribution is 2.37. The molecule has 2 unspecified atom stereocenters. The van der Waals surface area contributed by atoms with Crippen LogP contribution >= 0.6 is 8.03 Å². The van der Waals surface area contributed by atoms with Gasteiger partial charge in [-0.3, -0.25) is 4.57 Å². The van der Waals surface area contributed by atoms with Crippen LogP contribution in [-0.2, 0) is 4.57 Å². The number of hydrogen-bond donors (Lipinski definition) is 1. The van der Waals surface area contributed by atoms with Crippen LogP contribution in [0.2, 0.25) is 0 Å². The summed E-state index contributed by atoms with van der Waals surface area (Å²) in [5.41, 5.74) is 0. The Morgan fingerprint density at radius 2 is 2.08 bits per heavy atom. The molecule has 0 aromatic heterocycles. The summed E-state index contributed by atoms with van der Waals surface area (Å²) in [5.74, 6) is -0.985. The molecule has 0 aromatic rings. The van der Waals surface area contributed by atoms with E-state index in [1.54, 1.807) is 0 Å². The second kappa shape index (κ2) is 4.10. The largest absolute Gasteiger partial charge is 0.389 e. The van der Waals surface area contributed by atoms with Crippen LogP contribution in [0, 0.1) is 5.92 Å². The Morgan fingerprint density at radius 3 is 2.33 bits per heavy atom. The summed E-state index contributed by atoms with van der Waals surface area (Å²) in [6, 6.07) is 0. The van der Waals surface area contributed by atoms with Crippen LogP contribution < -0.4 is 0 Å². The third-order valence-corrected chi connectivity index (χ3v) is 2.45. The van der Waals surface area contributed by atoms with Crippen molar-refractivity contribution in [1.29, 1.82) is 0 Å². The molecule has 0 radical (unpaired) electrons. The molecule has 0 rings (SSSR count). The van der Waals surface area contributed by atoms with Gasteiger partial charge < -0.3 is 4.89 Å². The number of halogens is 3. The SMILES string of the molecule is C=C(C(C)CC(F)(F)F)[PH](=O)O. The Morgan fingerprint density at radius 1 is 1.67 bits per heavy atom. The first kappa shape index (κ1) is 11.7. The second-order valence-corrected chi connectivity index (χ2v) is 3.80. The zero-order chi connectivity index (χ0) is 9.94. The van der Waals surface area contributed by atoms with Crippen molar-refractivity contribution in [3.63, 3.8) is 0 Å². The lowest BCUT2D eigenvalue weighted by Crippen LogP contribution is -2.13. The van der Waals surface area contributed by atoms with Crippen LogP contribution in [0.5, 0.6) is 0 Å². The maximum absolute atomic E-state index is 11.7. The molecule has 0 aromatic carbocycles. The molecule has 0 saturated carbocycles. The summed E-state index contributed by atoms with van der Waals surface area (Å²) in [4.78, 5) is 8.47. The van der Waals surface area contributed by atoms with E-state index in [1.807, 2.05) is 0 Å². The van der Waals surface area contributed by atoms with E-state index in [0.717, 1.165) is 0 Å². The van der Waals surface area contributed by atoms with Crippen molar-refractivity contribution in [3.05, 3.63) is 11.9 Å². The van der Waals surface area contributed by atoms with E-state index in [9.17, 15) is 17.7 Å². The summed E-state index contributed by atoms with van der Waals surface area (Å²) in [5, 5.41) is -0.225. The molecule has 0 amide bonds. The van der Waals surface area contributed by atoms with Crippen molar-refractivity contribution < 1.29 is 22.6 Å². The van der Waals surface area contributed by atoms with Crippen LogP contribution in [-0.4, -0.2) is 11.1 Å². The quantitative estimate of drug-likeness (QED) is 0.714. The zero-order valence-electron chi connectivity index (χ0n) is 6.48. The van der Waals surface area contributed by atoms with Gasteiger partial charge in [0.2, 0.25) is 8.03 Å². The number of allylic oxidation sites excluding steroid dienone is 1. The Labute approximate surface area is 69.0 Å². The predicted octanol–water partition coefficient (Wildman–Crippen LogP) is 2.56. The fraction of sp³-hybridized carbons (Fsp3) is 0.667. The fourth-order valence-corrected chi connectivity index (χ4v) is 1.20. The normalized spacial score (nSPS) is 17.1. The topological polar surface area (TPSA) is 37.3 Å². The van der Waals surface area contributed by atoms with Gasteiger partial charge in [-0.25, -0.2) is 0 Å². The molecule has 0 saturated heterocycles. The highest BCUT2D eigenvalue weighted by Gasteiger charge is 2.31. The molecule has 0 aliphatic carbocycles. The maximum Gasteiger partial charge on any atom is 0.389 e. The van der Waals surface area contributed by atoms with Crippen molar-refractivity contribution in [2.75, 3.05) is 0 Å². The van der Waals surface area contributed by atoms with Crippen LogP contribution in [0.1, 0.15) is 13.3 Å². The lowest BCUT2D eigenvalue weighted by Gasteiger charge is -2.13. The molecule has 6 heteroatoms. The van der Waals surface area contributed by atoms with Gasteiger partial charge in [-0.05, 0) is 5.92 Å². The standard InChI is InChI=1S/C6H10F3O2P/c1-4(3-6(7,8)9)5(2)12(10)11/h4,12H,2-3H2,1H3,(H,10,11). The van der Waals surface area contributed by atoms with Gasteiger partial charge in [0, 0.05) is 5.31 Å². The first-order valence-electron chi connectivity index (χ1n) is 3.23. The fourth-order valence-electron chi connectivity index (χ4n) is 0.681. The molecule has 2 atom stereocenters. The van der Waals surface area contributed by atoms with Gasteiger partial charge in [-0.15, -0.1) is 0 Å². The Bertz CT molecular complexity index is 199. The van der Waals surface area contributed by atoms with Crippen molar-refractivity contribution in [1.82, 2.24) is 0 Å². The highest BCUT2D eigenvalue weighted by molar-refractivity contribution is 7.43. The van der Waals surface area contributed by atoms with E-state index in [0.29, 0.717) is 0 Å². The monoisotopic (exact) mass is 202 g/mol. The van der Waals surface area contributed by atoms with Crippen LogP contribution in [0.15, 0.2) is 11.9 Å². The third-order valence-electron chi connectivity index (χ3n) is 1.41. The average molecular weight is 202 g/mol. The Kier molecular flexibility index (Phi) is 4.00. The van der Waals surface area contributed by atoms with E-state index in [-0.39, 0.29) is 5.31 Å². The predicted molar refractivity (Wildman–Crippen MR) is 40.2 cm³/mol. The molecule has 0 spiro atoms. The summed E-state index contributed by atoms with van der Waals surface area (Å²) in [6.07, 6.45) is -5.40. The summed E-state index contributed by atoms with van der Waals surface area (Å²) in [6.45, 7) is 4.35. The Balaban J connectivity index is 4.14. The molecule has 0 fully saturated rings. The molecular formula is C6H10F3O2P. The van der Waals surface area contributed by atoms with Gasteiger partial charge in [-0.2, -0.15) is 13.2 Å². The van der Waals surface area contributed by atoms with E-state index in [2.05, 4.69) is 6.58 Å². The number of rotatable bonds is 3. The smallest absolute Gasteiger partial charge is 0.343 e. The minimum Gasteiger partial charge on any atom is -0.343 e. The van der Waals surface area contributed by atoms with E-state index in [1.165, 1.54) is 6.92 Å². The lowest BCUT2D eigenvalue weighted by atomic mass is 10.1. The van der Waals surface area contributed by atoms with E-state index in [4.69, 9.17) is 4.89 Å². The maximum atomic E-state index is 11.7. The van der Waals surface area contributed by atoms with Crippen LogP contribution in [0.3, 0.4) is 0 Å². The Hall–Kier alpha value is -0.280. The first-order valence-corrected chi connectivity index (χ1v) is 4.58. The van der Waals surface area contributed by atoms with Gasteiger partial charge >= 0.3 is 6.18 Å². The van der Waals surface area contributed by atoms with Crippen molar-refractivity contribution in [3.8, 4) is 0 Å². The molecule has 0 heterocycles. The van der Waals surface area contributed by atoms with Gasteiger partial charge in [0.1, 0.15) is 0 Å². The molecule has 1 N–H and O–H groups in total. The van der Waals surface area contributed by atoms with Gasteiger partial charge in [0.25, 0.3) is 0 Å². The molecule has 2 nitrogen and oxygen atoms in total. The number of alkyl halides is 3. The summed E-state index contributed by atoms with van der Waals surface area (Å²) < 4.78 is 45.5. The molecule has 0 aliphatic heterocycles. The van der Waals surface area contributed by atoms with Gasteiger partial charge in [0.15, 0.2) is 0 Å². The van der Waals surface area contributed by atoms with E-state index < -0.39 is 26.5 Å². The third kappa shape index (κ3) is 4.57. The minimum atomic E-state index is -4.31. The molecule has 72 valence electrons. The van der Waals surface area contributed by atoms with Gasteiger partial charge in [-0.1, -0.05) is 13.5 Å². The first-order chi connectivity index (χ1) is 5.24. The molecule has 0 aliphatic rings. The van der Waals surface area contributed by atoms with Gasteiger partial charge in [0.05, 0.1) is 6.42 Å². The zero-order valence-corrected chi connectivity index (χ0v) is 7.48. The van der Waals surface area contributed by atoms with Crippen molar-refractivity contribution in [2.24, 2.45) is 5.92 Å². The van der Waals surface area contributed by atoms with Crippen LogP contribution in [0.4, 0.5) is 13.2 Å². The van der Waals surface area contributed by atoms with Crippen LogP contribution in [0.25, 0.3) is 0 Å².